The topological polar surface area (TPSA) is 66.4 Å². The fourth-order valence-corrected chi connectivity index (χ4v) is 3.67. The van der Waals surface area contributed by atoms with Gasteiger partial charge in [-0.05, 0) is 43.0 Å². The summed E-state index contributed by atoms with van der Waals surface area (Å²) in [5, 5.41) is 3.43. The lowest BCUT2D eigenvalue weighted by atomic mass is 10.1. The van der Waals surface area contributed by atoms with E-state index in [0.717, 1.165) is 43.2 Å². The number of benzene rings is 1. The summed E-state index contributed by atoms with van der Waals surface area (Å²) >= 11 is 0. The molecule has 2 aliphatic rings. The van der Waals surface area contributed by atoms with Crippen molar-refractivity contribution in [3.63, 3.8) is 0 Å². The number of amides is 1. The van der Waals surface area contributed by atoms with Gasteiger partial charge in [-0.1, -0.05) is 6.07 Å². The summed E-state index contributed by atoms with van der Waals surface area (Å²) in [5.74, 6) is 1.87. The molecule has 0 radical (unpaired) electrons. The van der Waals surface area contributed by atoms with E-state index in [1.54, 1.807) is 14.2 Å². The molecular formula is C20H31IN4O3. The molecule has 0 bridgehead atoms. The summed E-state index contributed by atoms with van der Waals surface area (Å²) in [6.45, 7) is 6.40. The van der Waals surface area contributed by atoms with Crippen LogP contribution >= 0.6 is 24.0 Å². The molecule has 1 aromatic rings. The van der Waals surface area contributed by atoms with Crippen LogP contribution in [0, 0.1) is 6.92 Å². The molecule has 2 aliphatic heterocycles. The van der Waals surface area contributed by atoms with Gasteiger partial charge in [-0.3, -0.25) is 9.79 Å². The van der Waals surface area contributed by atoms with Gasteiger partial charge in [0.25, 0.3) is 5.91 Å². The summed E-state index contributed by atoms with van der Waals surface area (Å²) in [4.78, 5) is 21.0. The molecule has 156 valence electrons. The highest BCUT2D eigenvalue weighted by Crippen LogP contribution is 2.17. The van der Waals surface area contributed by atoms with E-state index >= 15 is 0 Å². The number of aryl methyl sites for hydroxylation is 1. The number of rotatable bonds is 4. The molecule has 2 fully saturated rings. The first-order valence-corrected chi connectivity index (χ1v) is 9.61. The van der Waals surface area contributed by atoms with Crippen LogP contribution in [0.1, 0.15) is 24.0 Å². The Bertz CT molecular complexity index is 684. The van der Waals surface area contributed by atoms with E-state index in [0.29, 0.717) is 26.2 Å². The van der Waals surface area contributed by atoms with E-state index in [-0.39, 0.29) is 36.0 Å². The fourth-order valence-electron chi connectivity index (χ4n) is 3.67. The zero-order valence-electron chi connectivity index (χ0n) is 16.9. The quantitative estimate of drug-likeness (QED) is 0.388. The first kappa shape index (κ1) is 22.7. The number of nitrogens with zero attached hydrogens (tertiary/aromatic N) is 3. The van der Waals surface area contributed by atoms with Crippen LogP contribution in [0.25, 0.3) is 0 Å². The number of guanidine groups is 1. The highest BCUT2D eigenvalue weighted by atomic mass is 127. The van der Waals surface area contributed by atoms with Crippen molar-refractivity contribution in [2.75, 3.05) is 46.9 Å². The number of carbonyl (C=O) groups is 1. The lowest BCUT2D eigenvalue weighted by Crippen LogP contribution is -2.55. The standard InChI is InChI=1S/C20H30N4O3.HI/c1-15-11-16(13-17(12-15)26-3)14-22-20(21-2)24-8-6-23(7-9-24)19(25)18-5-4-10-27-18;/h11-13,18H,4-10,14H2,1-3H3,(H,21,22);1H. The third kappa shape index (κ3) is 5.73. The minimum Gasteiger partial charge on any atom is -0.497 e. The van der Waals surface area contributed by atoms with Crippen LogP contribution in [0.4, 0.5) is 0 Å². The zero-order chi connectivity index (χ0) is 19.2. The minimum absolute atomic E-state index is 0. The number of methoxy groups -OCH3 is 1. The number of aliphatic imine (C=N–C) groups is 1. The van der Waals surface area contributed by atoms with Crippen molar-refractivity contribution in [1.82, 2.24) is 15.1 Å². The lowest BCUT2D eigenvalue weighted by molar-refractivity contribution is -0.142. The van der Waals surface area contributed by atoms with Gasteiger partial charge in [0.15, 0.2) is 5.96 Å². The summed E-state index contributed by atoms with van der Waals surface area (Å²) < 4.78 is 10.9. The van der Waals surface area contributed by atoms with Crippen molar-refractivity contribution < 1.29 is 14.3 Å². The van der Waals surface area contributed by atoms with Crippen LogP contribution in [0.3, 0.4) is 0 Å². The number of halogens is 1. The molecule has 0 aromatic heterocycles. The lowest BCUT2D eigenvalue weighted by Gasteiger charge is -2.37. The normalized spacial score (nSPS) is 20.0. The van der Waals surface area contributed by atoms with Gasteiger partial charge < -0.3 is 24.6 Å². The van der Waals surface area contributed by atoms with Gasteiger partial charge in [-0.2, -0.15) is 0 Å². The van der Waals surface area contributed by atoms with Crippen molar-refractivity contribution in [2.24, 2.45) is 4.99 Å². The van der Waals surface area contributed by atoms with Gasteiger partial charge in [0.2, 0.25) is 0 Å². The van der Waals surface area contributed by atoms with Crippen LogP contribution in [0.5, 0.6) is 5.75 Å². The van der Waals surface area contributed by atoms with E-state index in [1.807, 2.05) is 17.0 Å². The second-order valence-corrected chi connectivity index (χ2v) is 7.07. The van der Waals surface area contributed by atoms with E-state index in [1.165, 1.54) is 5.56 Å². The maximum atomic E-state index is 12.5. The largest absolute Gasteiger partial charge is 0.497 e. The SMILES string of the molecule is CN=C(NCc1cc(C)cc(OC)c1)N1CCN(C(=O)C2CCCO2)CC1.I. The molecule has 3 rings (SSSR count). The molecule has 28 heavy (non-hydrogen) atoms. The smallest absolute Gasteiger partial charge is 0.251 e. The first-order chi connectivity index (χ1) is 13.1. The van der Waals surface area contributed by atoms with Crippen molar-refractivity contribution in [2.45, 2.75) is 32.4 Å². The van der Waals surface area contributed by atoms with Crippen LogP contribution < -0.4 is 10.1 Å². The van der Waals surface area contributed by atoms with Gasteiger partial charge >= 0.3 is 0 Å². The van der Waals surface area contributed by atoms with Gasteiger partial charge in [0, 0.05) is 46.4 Å². The average Bonchev–Trinajstić information content (AvgIpc) is 3.22. The van der Waals surface area contributed by atoms with Crippen LogP contribution in [-0.2, 0) is 16.1 Å². The highest BCUT2D eigenvalue weighted by molar-refractivity contribution is 14.0. The van der Waals surface area contributed by atoms with Gasteiger partial charge in [0.1, 0.15) is 11.9 Å². The monoisotopic (exact) mass is 502 g/mol. The molecule has 0 aliphatic carbocycles. The molecule has 1 N–H and O–H groups in total. The molecule has 8 heteroatoms. The van der Waals surface area contributed by atoms with Crippen molar-refractivity contribution >= 4 is 35.8 Å². The Morgan fingerprint density at radius 1 is 1.25 bits per heavy atom. The fraction of sp³-hybridized carbons (Fsp3) is 0.600. The number of piperazine rings is 1. The number of nitrogens with one attached hydrogen (secondary N) is 1. The Labute approximate surface area is 184 Å². The highest BCUT2D eigenvalue weighted by Gasteiger charge is 2.30. The predicted octanol–water partition coefficient (Wildman–Crippen LogP) is 2.02. The summed E-state index contributed by atoms with van der Waals surface area (Å²) in [7, 11) is 3.48. The van der Waals surface area contributed by atoms with Crippen molar-refractivity contribution in [1.29, 1.82) is 0 Å². The Morgan fingerprint density at radius 3 is 2.57 bits per heavy atom. The molecule has 2 heterocycles. The minimum atomic E-state index is -0.231. The van der Waals surface area contributed by atoms with Crippen LogP contribution in [0.2, 0.25) is 0 Å². The zero-order valence-corrected chi connectivity index (χ0v) is 19.3. The molecular weight excluding hydrogens is 471 g/mol. The van der Waals surface area contributed by atoms with E-state index in [4.69, 9.17) is 9.47 Å². The Balaban J connectivity index is 0.00000280. The van der Waals surface area contributed by atoms with Crippen LogP contribution in [-0.4, -0.2) is 74.7 Å². The number of ether oxygens (including phenoxy) is 2. The summed E-state index contributed by atoms with van der Waals surface area (Å²) in [5.41, 5.74) is 2.32. The number of carbonyl (C=O) groups excluding carboxylic acids is 1. The van der Waals surface area contributed by atoms with Gasteiger partial charge in [-0.15, -0.1) is 24.0 Å². The van der Waals surface area contributed by atoms with E-state index in [2.05, 4.69) is 28.2 Å². The molecule has 2 saturated heterocycles. The maximum absolute atomic E-state index is 12.5. The van der Waals surface area contributed by atoms with Crippen LogP contribution in [0.15, 0.2) is 23.2 Å². The van der Waals surface area contributed by atoms with E-state index < -0.39 is 0 Å². The van der Waals surface area contributed by atoms with Gasteiger partial charge in [-0.25, -0.2) is 0 Å². The number of hydrogen-bond acceptors (Lipinski definition) is 4. The Kier molecular flexibility index (Phi) is 8.81. The predicted molar refractivity (Wildman–Crippen MR) is 120 cm³/mol. The second-order valence-electron chi connectivity index (χ2n) is 7.07. The molecule has 7 nitrogen and oxygen atoms in total. The third-order valence-electron chi connectivity index (χ3n) is 5.10. The third-order valence-corrected chi connectivity index (χ3v) is 5.10. The number of hydrogen-bond donors (Lipinski definition) is 1. The van der Waals surface area contributed by atoms with Crippen molar-refractivity contribution in [3.05, 3.63) is 29.3 Å². The molecule has 1 unspecified atom stereocenters. The Hall–Kier alpha value is -1.55. The van der Waals surface area contributed by atoms with Crippen molar-refractivity contribution in [3.8, 4) is 5.75 Å². The first-order valence-electron chi connectivity index (χ1n) is 9.61. The second kappa shape index (κ2) is 10.8. The average molecular weight is 502 g/mol. The maximum Gasteiger partial charge on any atom is 0.251 e. The summed E-state index contributed by atoms with van der Waals surface area (Å²) in [6.07, 6.45) is 1.60. The summed E-state index contributed by atoms with van der Waals surface area (Å²) in [6, 6.07) is 6.19. The molecule has 1 aromatic carbocycles. The van der Waals surface area contributed by atoms with E-state index in [9.17, 15) is 4.79 Å². The molecule has 0 saturated carbocycles. The van der Waals surface area contributed by atoms with Gasteiger partial charge in [0.05, 0.1) is 7.11 Å². The Morgan fingerprint density at radius 2 is 1.96 bits per heavy atom. The molecule has 1 amide bonds. The molecule has 0 spiro atoms. The molecule has 1 atom stereocenters.